The summed E-state index contributed by atoms with van der Waals surface area (Å²) in [5, 5.41) is 3.13. The van der Waals surface area contributed by atoms with Gasteiger partial charge in [0.25, 0.3) is 0 Å². The first-order chi connectivity index (χ1) is 6.86. The molecule has 0 unspecified atom stereocenters. The monoisotopic (exact) mass is 187 g/mol. The number of benzene rings is 1. The molecule has 0 aliphatic heterocycles. The highest BCUT2D eigenvalue weighted by Crippen LogP contribution is 2.39. The Hall–Kier alpha value is -1.51. The third kappa shape index (κ3) is 1.16. The Kier molecular flexibility index (Phi) is 1.54. The molecule has 0 saturated heterocycles. The quantitative estimate of drug-likeness (QED) is 0.758. The summed E-state index contributed by atoms with van der Waals surface area (Å²) in [5.74, 6) is 1.86. The molecule has 0 amide bonds. The zero-order valence-corrected chi connectivity index (χ0v) is 8.17. The van der Waals surface area contributed by atoms with Gasteiger partial charge in [0, 0.05) is 18.7 Å². The van der Waals surface area contributed by atoms with Gasteiger partial charge in [0.2, 0.25) is 0 Å². The van der Waals surface area contributed by atoms with Gasteiger partial charge in [-0.2, -0.15) is 0 Å². The molecule has 1 aromatic heterocycles. The molecule has 1 saturated carbocycles. The van der Waals surface area contributed by atoms with Crippen molar-refractivity contribution in [2.45, 2.75) is 18.8 Å². The van der Waals surface area contributed by atoms with Crippen LogP contribution in [0.1, 0.15) is 24.6 Å². The van der Waals surface area contributed by atoms with E-state index in [0.29, 0.717) is 5.92 Å². The minimum Gasteiger partial charge on any atom is -0.388 e. The number of anilines is 1. The summed E-state index contributed by atoms with van der Waals surface area (Å²) in [7, 11) is 1.93. The molecule has 0 bridgehead atoms. The van der Waals surface area contributed by atoms with Gasteiger partial charge in [-0.3, -0.25) is 0 Å². The molecule has 0 atom stereocenters. The fraction of sp³-hybridized carbons (Fsp3) is 0.364. The van der Waals surface area contributed by atoms with Crippen LogP contribution < -0.4 is 5.32 Å². The summed E-state index contributed by atoms with van der Waals surface area (Å²) in [6.07, 6.45) is 2.58. The molecule has 3 heteroatoms. The van der Waals surface area contributed by atoms with Crippen molar-refractivity contribution in [3.05, 3.63) is 24.0 Å². The molecule has 2 N–H and O–H groups in total. The minimum atomic E-state index is 0.695. The summed E-state index contributed by atoms with van der Waals surface area (Å²) in [6, 6.07) is 6.22. The largest absolute Gasteiger partial charge is 0.388 e. The van der Waals surface area contributed by atoms with Crippen LogP contribution in [0.2, 0.25) is 0 Å². The van der Waals surface area contributed by atoms with Crippen LogP contribution in [0.5, 0.6) is 0 Å². The average molecular weight is 187 g/mol. The first-order valence-electron chi connectivity index (χ1n) is 5.04. The normalized spacial score (nSPS) is 16.1. The van der Waals surface area contributed by atoms with Crippen molar-refractivity contribution in [3.8, 4) is 0 Å². The van der Waals surface area contributed by atoms with Crippen LogP contribution in [-0.2, 0) is 0 Å². The highest BCUT2D eigenvalue weighted by Gasteiger charge is 2.26. The van der Waals surface area contributed by atoms with Crippen LogP contribution in [-0.4, -0.2) is 17.0 Å². The van der Waals surface area contributed by atoms with Crippen molar-refractivity contribution in [2.24, 2.45) is 0 Å². The second kappa shape index (κ2) is 2.74. The van der Waals surface area contributed by atoms with Crippen molar-refractivity contribution < 1.29 is 0 Å². The Morgan fingerprint density at radius 2 is 2.29 bits per heavy atom. The number of hydrogen-bond donors (Lipinski definition) is 2. The van der Waals surface area contributed by atoms with E-state index in [1.54, 1.807) is 0 Å². The molecule has 2 aromatic rings. The fourth-order valence-corrected chi connectivity index (χ4v) is 1.73. The van der Waals surface area contributed by atoms with Crippen LogP contribution >= 0.6 is 0 Å². The molecule has 0 radical (unpaired) electrons. The third-order valence-corrected chi connectivity index (χ3v) is 2.75. The number of rotatable bonds is 2. The third-order valence-electron chi connectivity index (χ3n) is 2.75. The van der Waals surface area contributed by atoms with Gasteiger partial charge in [-0.1, -0.05) is 0 Å². The molecule has 1 aromatic carbocycles. The number of imidazole rings is 1. The molecule has 3 rings (SSSR count). The van der Waals surface area contributed by atoms with Crippen molar-refractivity contribution >= 4 is 16.7 Å². The summed E-state index contributed by atoms with van der Waals surface area (Å²) in [6.45, 7) is 0. The van der Waals surface area contributed by atoms with E-state index in [4.69, 9.17) is 0 Å². The highest BCUT2D eigenvalue weighted by molar-refractivity contribution is 5.79. The summed E-state index contributed by atoms with van der Waals surface area (Å²) in [5.41, 5.74) is 3.34. The van der Waals surface area contributed by atoms with E-state index in [0.717, 1.165) is 22.5 Å². The fourth-order valence-electron chi connectivity index (χ4n) is 1.73. The second-order valence-corrected chi connectivity index (χ2v) is 3.88. The van der Waals surface area contributed by atoms with Crippen LogP contribution in [0, 0.1) is 0 Å². The lowest BCUT2D eigenvalue weighted by Gasteiger charge is -1.97. The molecule has 1 heterocycles. The van der Waals surface area contributed by atoms with Crippen molar-refractivity contribution in [2.75, 3.05) is 12.4 Å². The highest BCUT2D eigenvalue weighted by atomic mass is 14.9. The predicted molar refractivity (Wildman–Crippen MR) is 57.6 cm³/mol. The first-order valence-corrected chi connectivity index (χ1v) is 5.04. The number of fused-ring (bicyclic) bond motifs is 1. The molecular formula is C11H13N3. The number of H-pyrrole nitrogens is 1. The van der Waals surface area contributed by atoms with Gasteiger partial charge in [-0.15, -0.1) is 0 Å². The van der Waals surface area contributed by atoms with Crippen LogP contribution in [0.4, 0.5) is 5.69 Å². The van der Waals surface area contributed by atoms with E-state index in [1.165, 1.54) is 12.8 Å². The van der Waals surface area contributed by atoms with Gasteiger partial charge in [0.05, 0.1) is 11.0 Å². The first kappa shape index (κ1) is 7.85. The standard InChI is InChI=1S/C11H13N3/c1-12-8-4-5-9-10(6-8)14-11(13-9)7-2-3-7/h4-7,12H,2-3H2,1H3,(H,13,14). The SMILES string of the molecule is CNc1ccc2nc(C3CC3)[nH]c2c1. The molecule has 0 spiro atoms. The summed E-state index contributed by atoms with van der Waals surface area (Å²) >= 11 is 0. The summed E-state index contributed by atoms with van der Waals surface area (Å²) in [4.78, 5) is 7.95. The van der Waals surface area contributed by atoms with Crippen LogP contribution in [0.3, 0.4) is 0 Å². The van der Waals surface area contributed by atoms with Crippen molar-refractivity contribution in [3.63, 3.8) is 0 Å². The Morgan fingerprint density at radius 3 is 3.00 bits per heavy atom. The Labute approximate surface area is 82.5 Å². The van der Waals surface area contributed by atoms with Gasteiger partial charge in [0.1, 0.15) is 5.82 Å². The van der Waals surface area contributed by atoms with E-state index in [9.17, 15) is 0 Å². The lowest BCUT2D eigenvalue weighted by molar-refractivity contribution is 0.986. The Balaban J connectivity index is 2.12. The van der Waals surface area contributed by atoms with Crippen molar-refractivity contribution in [1.29, 1.82) is 0 Å². The second-order valence-electron chi connectivity index (χ2n) is 3.88. The maximum absolute atomic E-state index is 4.57. The van der Waals surface area contributed by atoms with E-state index < -0.39 is 0 Å². The van der Waals surface area contributed by atoms with Crippen LogP contribution in [0.25, 0.3) is 11.0 Å². The number of hydrogen-bond acceptors (Lipinski definition) is 2. The molecule has 1 fully saturated rings. The lowest BCUT2D eigenvalue weighted by atomic mass is 10.3. The molecule has 14 heavy (non-hydrogen) atoms. The Bertz CT molecular complexity index is 468. The van der Waals surface area contributed by atoms with Crippen molar-refractivity contribution in [1.82, 2.24) is 9.97 Å². The number of aromatic amines is 1. The topological polar surface area (TPSA) is 40.7 Å². The molecular weight excluding hydrogens is 174 g/mol. The number of aromatic nitrogens is 2. The molecule has 1 aliphatic carbocycles. The predicted octanol–water partition coefficient (Wildman–Crippen LogP) is 2.48. The van der Waals surface area contributed by atoms with E-state index in [2.05, 4.69) is 33.5 Å². The van der Waals surface area contributed by atoms with Gasteiger partial charge in [-0.05, 0) is 31.0 Å². The maximum Gasteiger partial charge on any atom is 0.110 e. The molecule has 1 aliphatic rings. The van der Waals surface area contributed by atoms with E-state index in [1.807, 2.05) is 7.05 Å². The maximum atomic E-state index is 4.57. The smallest absolute Gasteiger partial charge is 0.110 e. The zero-order chi connectivity index (χ0) is 9.54. The number of nitrogens with one attached hydrogen (secondary N) is 2. The Morgan fingerprint density at radius 1 is 1.43 bits per heavy atom. The van der Waals surface area contributed by atoms with Gasteiger partial charge < -0.3 is 10.3 Å². The molecule has 3 nitrogen and oxygen atoms in total. The van der Waals surface area contributed by atoms with E-state index >= 15 is 0 Å². The zero-order valence-electron chi connectivity index (χ0n) is 8.17. The number of nitrogens with zero attached hydrogens (tertiary/aromatic N) is 1. The van der Waals surface area contributed by atoms with Gasteiger partial charge in [0.15, 0.2) is 0 Å². The van der Waals surface area contributed by atoms with Crippen LogP contribution in [0.15, 0.2) is 18.2 Å². The lowest BCUT2D eigenvalue weighted by Crippen LogP contribution is -1.86. The van der Waals surface area contributed by atoms with Gasteiger partial charge >= 0.3 is 0 Å². The van der Waals surface area contributed by atoms with E-state index in [-0.39, 0.29) is 0 Å². The molecule has 72 valence electrons. The average Bonchev–Trinajstić information content (AvgIpc) is 2.97. The minimum absolute atomic E-state index is 0.695. The summed E-state index contributed by atoms with van der Waals surface area (Å²) < 4.78 is 0. The van der Waals surface area contributed by atoms with Gasteiger partial charge in [-0.25, -0.2) is 4.98 Å².